The fourth-order valence-electron chi connectivity index (χ4n) is 1.34. The smallest absolute Gasteiger partial charge is 0.325 e. The van der Waals surface area contributed by atoms with Crippen molar-refractivity contribution in [3.63, 3.8) is 0 Å². The van der Waals surface area contributed by atoms with Gasteiger partial charge in [-0.05, 0) is 6.92 Å². The molecule has 2 atom stereocenters. The zero-order valence-corrected chi connectivity index (χ0v) is 8.66. The van der Waals surface area contributed by atoms with Crippen LogP contribution in [0.5, 0.6) is 0 Å². The minimum absolute atomic E-state index is 0.0141. The third kappa shape index (κ3) is 4.26. The van der Waals surface area contributed by atoms with Crippen LogP contribution >= 0.6 is 0 Å². The molecule has 0 radical (unpaired) electrons. The van der Waals surface area contributed by atoms with Gasteiger partial charge in [0, 0.05) is 19.0 Å². The van der Waals surface area contributed by atoms with Crippen molar-refractivity contribution in [3.05, 3.63) is 0 Å². The van der Waals surface area contributed by atoms with Crippen molar-refractivity contribution in [1.29, 1.82) is 0 Å². The van der Waals surface area contributed by atoms with Gasteiger partial charge in [0.2, 0.25) is 5.91 Å². The predicted octanol–water partition coefficient (Wildman–Crippen LogP) is -1.05. The van der Waals surface area contributed by atoms with E-state index in [1.54, 1.807) is 0 Å². The number of carbonyl (C=O) groups is 2. The summed E-state index contributed by atoms with van der Waals surface area (Å²) in [5, 5.41) is 14.1. The molecule has 6 heteroatoms. The van der Waals surface area contributed by atoms with E-state index in [1.165, 1.54) is 6.92 Å². The zero-order chi connectivity index (χ0) is 11.3. The fourth-order valence-corrected chi connectivity index (χ4v) is 1.34. The lowest BCUT2D eigenvalue weighted by Gasteiger charge is -2.23. The van der Waals surface area contributed by atoms with Gasteiger partial charge in [0.1, 0.15) is 6.04 Å². The molecule has 1 rings (SSSR count). The van der Waals surface area contributed by atoms with Crippen LogP contribution in [0.1, 0.15) is 13.3 Å². The zero-order valence-electron chi connectivity index (χ0n) is 8.66. The number of carbonyl (C=O) groups excluding carboxylic acids is 1. The molecule has 1 saturated heterocycles. The molecule has 1 aliphatic rings. The molecule has 0 aromatic heterocycles. The van der Waals surface area contributed by atoms with Crippen molar-refractivity contribution in [1.82, 2.24) is 10.6 Å². The van der Waals surface area contributed by atoms with Gasteiger partial charge in [0.15, 0.2) is 0 Å². The molecule has 1 unspecified atom stereocenters. The SMILES string of the molecule is C[C@H](NC(=O)CC1COCCN1)C(=O)O. The van der Waals surface area contributed by atoms with Crippen molar-refractivity contribution in [2.75, 3.05) is 19.8 Å². The Labute approximate surface area is 88.0 Å². The largest absolute Gasteiger partial charge is 0.480 e. The predicted molar refractivity (Wildman–Crippen MR) is 52.5 cm³/mol. The molecule has 0 bridgehead atoms. The third-order valence-corrected chi connectivity index (χ3v) is 2.18. The van der Waals surface area contributed by atoms with Crippen LogP contribution in [0.15, 0.2) is 0 Å². The summed E-state index contributed by atoms with van der Waals surface area (Å²) in [6.45, 7) is 3.32. The molecule has 0 aromatic carbocycles. The highest BCUT2D eigenvalue weighted by atomic mass is 16.5. The maximum absolute atomic E-state index is 11.4. The lowest BCUT2D eigenvalue weighted by Crippen LogP contribution is -2.46. The first kappa shape index (κ1) is 11.9. The molecule has 0 aliphatic carbocycles. The second kappa shape index (κ2) is 5.67. The Morgan fingerprint density at radius 2 is 2.40 bits per heavy atom. The molecule has 15 heavy (non-hydrogen) atoms. The summed E-state index contributed by atoms with van der Waals surface area (Å²) in [7, 11) is 0. The lowest BCUT2D eigenvalue weighted by molar-refractivity contribution is -0.141. The van der Waals surface area contributed by atoms with Gasteiger partial charge in [-0.25, -0.2) is 0 Å². The normalized spacial score (nSPS) is 23.1. The molecule has 6 nitrogen and oxygen atoms in total. The molecule has 1 heterocycles. The van der Waals surface area contributed by atoms with E-state index in [1.807, 2.05) is 0 Å². The monoisotopic (exact) mass is 216 g/mol. The van der Waals surface area contributed by atoms with E-state index in [4.69, 9.17) is 9.84 Å². The molecular weight excluding hydrogens is 200 g/mol. The number of carboxylic acid groups (broad SMARTS) is 1. The Balaban J connectivity index is 2.25. The molecule has 1 fully saturated rings. The van der Waals surface area contributed by atoms with Crippen LogP contribution < -0.4 is 10.6 Å². The summed E-state index contributed by atoms with van der Waals surface area (Å²) in [4.78, 5) is 21.8. The Bertz CT molecular complexity index is 238. The van der Waals surface area contributed by atoms with Crippen LogP contribution in [-0.4, -0.2) is 48.8 Å². The van der Waals surface area contributed by atoms with E-state index in [0.717, 1.165) is 6.54 Å². The van der Waals surface area contributed by atoms with Crippen LogP contribution in [0.4, 0.5) is 0 Å². The van der Waals surface area contributed by atoms with Gasteiger partial charge in [-0.2, -0.15) is 0 Å². The fraction of sp³-hybridized carbons (Fsp3) is 0.778. The van der Waals surface area contributed by atoms with Crippen LogP contribution in [0, 0.1) is 0 Å². The van der Waals surface area contributed by atoms with Crippen LogP contribution in [0.25, 0.3) is 0 Å². The molecule has 0 aromatic rings. The number of hydrogen-bond donors (Lipinski definition) is 3. The first-order valence-electron chi connectivity index (χ1n) is 4.93. The minimum atomic E-state index is -1.03. The number of aliphatic carboxylic acids is 1. The second-order valence-electron chi connectivity index (χ2n) is 3.56. The molecule has 3 N–H and O–H groups in total. The van der Waals surface area contributed by atoms with Gasteiger partial charge in [-0.1, -0.05) is 0 Å². The maximum Gasteiger partial charge on any atom is 0.325 e. The van der Waals surface area contributed by atoms with Crippen LogP contribution in [0.2, 0.25) is 0 Å². The van der Waals surface area contributed by atoms with Gasteiger partial charge in [-0.15, -0.1) is 0 Å². The van der Waals surface area contributed by atoms with Crippen LogP contribution in [-0.2, 0) is 14.3 Å². The highest BCUT2D eigenvalue weighted by molar-refractivity contribution is 5.83. The topological polar surface area (TPSA) is 87.7 Å². The lowest BCUT2D eigenvalue weighted by atomic mass is 10.2. The Kier molecular flexibility index (Phi) is 4.51. The standard InChI is InChI=1S/C9H16N2O4/c1-6(9(13)14)11-8(12)4-7-5-15-3-2-10-7/h6-7,10H,2-5H2,1H3,(H,11,12)(H,13,14)/t6-,7?/m0/s1. The van der Waals surface area contributed by atoms with Crippen molar-refractivity contribution >= 4 is 11.9 Å². The Morgan fingerprint density at radius 1 is 1.67 bits per heavy atom. The molecule has 0 saturated carbocycles. The highest BCUT2D eigenvalue weighted by Gasteiger charge is 2.19. The number of nitrogens with one attached hydrogen (secondary N) is 2. The molecule has 1 amide bonds. The van der Waals surface area contributed by atoms with Crippen LogP contribution in [0.3, 0.4) is 0 Å². The second-order valence-corrected chi connectivity index (χ2v) is 3.56. The summed E-state index contributed by atoms with van der Waals surface area (Å²) in [6, 6.07) is -0.859. The summed E-state index contributed by atoms with van der Waals surface area (Å²) in [5.41, 5.74) is 0. The number of morpholine rings is 1. The summed E-state index contributed by atoms with van der Waals surface area (Å²) < 4.78 is 5.18. The number of carboxylic acids is 1. The van der Waals surface area contributed by atoms with Crippen molar-refractivity contribution in [2.24, 2.45) is 0 Å². The van der Waals surface area contributed by atoms with E-state index in [9.17, 15) is 9.59 Å². The van der Waals surface area contributed by atoms with E-state index in [0.29, 0.717) is 13.2 Å². The van der Waals surface area contributed by atoms with E-state index in [-0.39, 0.29) is 18.4 Å². The van der Waals surface area contributed by atoms with Crippen molar-refractivity contribution in [2.45, 2.75) is 25.4 Å². The van der Waals surface area contributed by atoms with E-state index >= 15 is 0 Å². The summed E-state index contributed by atoms with van der Waals surface area (Å²) >= 11 is 0. The summed E-state index contributed by atoms with van der Waals surface area (Å²) in [6.07, 6.45) is 0.248. The average Bonchev–Trinajstić information content (AvgIpc) is 2.18. The van der Waals surface area contributed by atoms with Gasteiger partial charge < -0.3 is 20.5 Å². The number of rotatable bonds is 4. The average molecular weight is 216 g/mol. The quantitative estimate of drug-likeness (QED) is 0.558. The van der Waals surface area contributed by atoms with Gasteiger partial charge in [0.25, 0.3) is 0 Å². The Hall–Kier alpha value is -1.14. The molecule has 1 aliphatic heterocycles. The van der Waals surface area contributed by atoms with Gasteiger partial charge in [-0.3, -0.25) is 9.59 Å². The molecule has 86 valence electrons. The highest BCUT2D eigenvalue weighted by Crippen LogP contribution is 1.98. The first-order chi connectivity index (χ1) is 7.09. The van der Waals surface area contributed by atoms with E-state index < -0.39 is 12.0 Å². The van der Waals surface area contributed by atoms with Gasteiger partial charge in [0.05, 0.1) is 13.2 Å². The maximum atomic E-state index is 11.4. The molecular formula is C9H16N2O4. The summed E-state index contributed by atoms with van der Waals surface area (Å²) in [5.74, 6) is -1.30. The Morgan fingerprint density at radius 3 is 2.93 bits per heavy atom. The van der Waals surface area contributed by atoms with E-state index in [2.05, 4.69) is 10.6 Å². The third-order valence-electron chi connectivity index (χ3n) is 2.18. The number of amides is 1. The number of ether oxygens (including phenoxy) is 1. The van der Waals surface area contributed by atoms with Gasteiger partial charge >= 0.3 is 5.97 Å². The number of hydrogen-bond acceptors (Lipinski definition) is 4. The molecule has 0 spiro atoms. The first-order valence-corrected chi connectivity index (χ1v) is 4.93. The van der Waals surface area contributed by atoms with Crippen molar-refractivity contribution in [3.8, 4) is 0 Å². The van der Waals surface area contributed by atoms with Crippen molar-refractivity contribution < 1.29 is 19.4 Å². The minimum Gasteiger partial charge on any atom is -0.480 e.